The molecule has 2 unspecified atom stereocenters. The molecule has 0 heterocycles. The molecule has 0 aromatic carbocycles. The first kappa shape index (κ1) is 14.0. The molecule has 0 spiro atoms. The van der Waals surface area contributed by atoms with E-state index in [0.717, 1.165) is 31.1 Å². The van der Waals surface area contributed by atoms with Crippen LogP contribution in [0.5, 0.6) is 0 Å². The van der Waals surface area contributed by atoms with Gasteiger partial charge >= 0.3 is 0 Å². The summed E-state index contributed by atoms with van der Waals surface area (Å²) in [6.07, 6.45) is 6.75. The predicted molar refractivity (Wildman–Crippen MR) is 71.8 cm³/mol. The molecular formula is C14H30N2. The molecule has 0 radical (unpaired) electrons. The third kappa shape index (κ3) is 4.42. The number of likely N-dealkylation sites (N-methyl/N-ethyl adjacent to an activating group) is 1. The van der Waals surface area contributed by atoms with Crippen LogP contribution in [0.15, 0.2) is 0 Å². The van der Waals surface area contributed by atoms with E-state index >= 15 is 0 Å². The molecule has 1 aliphatic carbocycles. The SMILES string of the molecule is CCCNCC(CCC)N(C)C(C)C1CC1. The van der Waals surface area contributed by atoms with Gasteiger partial charge in [0.05, 0.1) is 0 Å². The second kappa shape index (κ2) is 7.29. The molecule has 0 aromatic rings. The zero-order valence-corrected chi connectivity index (χ0v) is 11.6. The molecular weight excluding hydrogens is 196 g/mol. The van der Waals surface area contributed by atoms with Crippen molar-refractivity contribution in [3.8, 4) is 0 Å². The van der Waals surface area contributed by atoms with E-state index in [1.807, 2.05) is 0 Å². The molecule has 0 amide bonds. The Morgan fingerprint density at radius 3 is 2.44 bits per heavy atom. The lowest BCUT2D eigenvalue weighted by Crippen LogP contribution is -2.45. The Morgan fingerprint density at radius 2 is 1.94 bits per heavy atom. The number of nitrogens with zero attached hydrogens (tertiary/aromatic N) is 1. The number of hydrogen-bond acceptors (Lipinski definition) is 2. The maximum atomic E-state index is 3.57. The van der Waals surface area contributed by atoms with Crippen LogP contribution in [0.2, 0.25) is 0 Å². The smallest absolute Gasteiger partial charge is 0.0220 e. The van der Waals surface area contributed by atoms with Gasteiger partial charge in [-0.25, -0.2) is 0 Å². The number of rotatable bonds is 9. The first-order chi connectivity index (χ1) is 7.70. The Labute approximate surface area is 102 Å². The lowest BCUT2D eigenvalue weighted by atomic mass is 10.1. The van der Waals surface area contributed by atoms with Crippen LogP contribution in [0, 0.1) is 5.92 Å². The van der Waals surface area contributed by atoms with E-state index in [1.54, 1.807) is 0 Å². The molecule has 1 fully saturated rings. The highest BCUT2D eigenvalue weighted by molar-refractivity contribution is 4.87. The van der Waals surface area contributed by atoms with Crippen molar-refractivity contribution in [2.75, 3.05) is 20.1 Å². The Hall–Kier alpha value is -0.0800. The minimum absolute atomic E-state index is 0.729. The summed E-state index contributed by atoms with van der Waals surface area (Å²) in [6.45, 7) is 9.25. The van der Waals surface area contributed by atoms with Gasteiger partial charge in [0.1, 0.15) is 0 Å². The van der Waals surface area contributed by atoms with E-state index in [0.29, 0.717) is 0 Å². The average molecular weight is 226 g/mol. The van der Waals surface area contributed by atoms with E-state index in [-0.39, 0.29) is 0 Å². The van der Waals surface area contributed by atoms with Crippen LogP contribution in [0.1, 0.15) is 52.9 Å². The van der Waals surface area contributed by atoms with Crippen molar-refractivity contribution in [2.24, 2.45) is 5.92 Å². The van der Waals surface area contributed by atoms with Gasteiger partial charge in [0.2, 0.25) is 0 Å². The molecule has 0 aromatic heterocycles. The number of nitrogens with one attached hydrogen (secondary N) is 1. The summed E-state index contributed by atoms with van der Waals surface area (Å²) in [5.41, 5.74) is 0. The van der Waals surface area contributed by atoms with E-state index in [9.17, 15) is 0 Å². The fourth-order valence-corrected chi connectivity index (χ4v) is 2.47. The normalized spacial score (nSPS) is 20.1. The second-order valence-corrected chi connectivity index (χ2v) is 5.39. The molecule has 96 valence electrons. The summed E-state index contributed by atoms with van der Waals surface area (Å²) in [4.78, 5) is 2.61. The van der Waals surface area contributed by atoms with Crippen molar-refractivity contribution in [3.63, 3.8) is 0 Å². The molecule has 1 saturated carbocycles. The van der Waals surface area contributed by atoms with Gasteiger partial charge in [0.15, 0.2) is 0 Å². The minimum atomic E-state index is 0.729. The highest BCUT2D eigenvalue weighted by Crippen LogP contribution is 2.35. The summed E-state index contributed by atoms with van der Waals surface area (Å²) in [5.74, 6) is 0.982. The number of hydrogen-bond donors (Lipinski definition) is 1. The third-order valence-electron chi connectivity index (χ3n) is 3.95. The maximum absolute atomic E-state index is 3.57. The third-order valence-corrected chi connectivity index (χ3v) is 3.95. The van der Waals surface area contributed by atoms with Crippen LogP contribution in [0.4, 0.5) is 0 Å². The van der Waals surface area contributed by atoms with Gasteiger partial charge in [0, 0.05) is 18.6 Å². The van der Waals surface area contributed by atoms with Gasteiger partial charge in [-0.3, -0.25) is 4.90 Å². The van der Waals surface area contributed by atoms with E-state index in [1.165, 1.54) is 32.1 Å². The van der Waals surface area contributed by atoms with Crippen LogP contribution in [-0.2, 0) is 0 Å². The standard InChI is InChI=1S/C14H30N2/c1-5-7-14(11-15-10-6-2)16(4)12(3)13-8-9-13/h12-15H,5-11H2,1-4H3. The quantitative estimate of drug-likeness (QED) is 0.608. The highest BCUT2D eigenvalue weighted by atomic mass is 15.2. The molecule has 0 aliphatic heterocycles. The van der Waals surface area contributed by atoms with Crippen molar-refractivity contribution in [3.05, 3.63) is 0 Å². The lowest BCUT2D eigenvalue weighted by Gasteiger charge is -2.33. The summed E-state index contributed by atoms with van der Waals surface area (Å²) in [5, 5.41) is 3.57. The second-order valence-electron chi connectivity index (χ2n) is 5.39. The highest BCUT2D eigenvalue weighted by Gasteiger charge is 2.32. The lowest BCUT2D eigenvalue weighted by molar-refractivity contribution is 0.155. The van der Waals surface area contributed by atoms with Crippen LogP contribution in [-0.4, -0.2) is 37.1 Å². The van der Waals surface area contributed by atoms with E-state index in [2.05, 4.69) is 38.0 Å². The average Bonchev–Trinajstić information content (AvgIpc) is 3.10. The predicted octanol–water partition coefficient (Wildman–Crippen LogP) is 2.89. The molecule has 2 heteroatoms. The monoisotopic (exact) mass is 226 g/mol. The summed E-state index contributed by atoms with van der Waals surface area (Å²) >= 11 is 0. The van der Waals surface area contributed by atoms with E-state index in [4.69, 9.17) is 0 Å². The summed E-state index contributed by atoms with van der Waals surface area (Å²) < 4.78 is 0. The first-order valence-corrected chi connectivity index (χ1v) is 7.13. The molecule has 0 saturated heterocycles. The van der Waals surface area contributed by atoms with Crippen molar-refractivity contribution < 1.29 is 0 Å². The molecule has 2 nitrogen and oxygen atoms in total. The zero-order valence-electron chi connectivity index (χ0n) is 11.6. The Balaban J connectivity index is 2.33. The Morgan fingerprint density at radius 1 is 1.25 bits per heavy atom. The molecule has 0 bridgehead atoms. The Kier molecular flexibility index (Phi) is 6.37. The fourth-order valence-electron chi connectivity index (χ4n) is 2.47. The minimum Gasteiger partial charge on any atom is -0.315 e. The van der Waals surface area contributed by atoms with Crippen molar-refractivity contribution >= 4 is 0 Å². The van der Waals surface area contributed by atoms with Crippen molar-refractivity contribution in [1.82, 2.24) is 10.2 Å². The van der Waals surface area contributed by atoms with Gasteiger partial charge in [0.25, 0.3) is 0 Å². The van der Waals surface area contributed by atoms with Crippen molar-refractivity contribution in [1.29, 1.82) is 0 Å². The van der Waals surface area contributed by atoms with Gasteiger partial charge in [-0.15, -0.1) is 0 Å². The summed E-state index contributed by atoms with van der Waals surface area (Å²) in [6, 6.07) is 1.51. The first-order valence-electron chi connectivity index (χ1n) is 7.13. The Bertz CT molecular complexity index is 178. The van der Waals surface area contributed by atoms with Crippen molar-refractivity contribution in [2.45, 2.75) is 65.0 Å². The molecule has 1 N–H and O–H groups in total. The van der Waals surface area contributed by atoms with Gasteiger partial charge in [-0.2, -0.15) is 0 Å². The molecule has 1 aliphatic rings. The largest absolute Gasteiger partial charge is 0.315 e. The maximum Gasteiger partial charge on any atom is 0.0220 e. The van der Waals surface area contributed by atoms with E-state index < -0.39 is 0 Å². The van der Waals surface area contributed by atoms with Gasteiger partial charge in [-0.05, 0) is 52.1 Å². The van der Waals surface area contributed by atoms with Crippen LogP contribution in [0.3, 0.4) is 0 Å². The van der Waals surface area contributed by atoms with Gasteiger partial charge in [-0.1, -0.05) is 20.3 Å². The van der Waals surface area contributed by atoms with Gasteiger partial charge < -0.3 is 5.32 Å². The van der Waals surface area contributed by atoms with Crippen LogP contribution >= 0.6 is 0 Å². The van der Waals surface area contributed by atoms with Crippen LogP contribution < -0.4 is 5.32 Å². The molecule has 2 atom stereocenters. The fraction of sp³-hybridized carbons (Fsp3) is 1.00. The topological polar surface area (TPSA) is 15.3 Å². The molecule has 1 rings (SSSR count). The zero-order chi connectivity index (χ0) is 12.0. The summed E-state index contributed by atoms with van der Waals surface area (Å²) in [7, 11) is 2.32. The van der Waals surface area contributed by atoms with Crippen LogP contribution in [0.25, 0.3) is 0 Å². The molecule has 16 heavy (non-hydrogen) atoms.